The van der Waals surface area contributed by atoms with E-state index < -0.39 is 6.04 Å². The van der Waals surface area contributed by atoms with E-state index in [9.17, 15) is 9.18 Å². The van der Waals surface area contributed by atoms with Crippen molar-refractivity contribution in [1.29, 1.82) is 0 Å². The second kappa shape index (κ2) is 10.1. The Balaban J connectivity index is 1.51. The van der Waals surface area contributed by atoms with E-state index in [1.807, 2.05) is 91.5 Å². The fourth-order valence-electron chi connectivity index (χ4n) is 5.18. The Bertz CT molecular complexity index is 1620. The van der Waals surface area contributed by atoms with Crippen LogP contribution >= 0.6 is 0 Å². The van der Waals surface area contributed by atoms with Crippen LogP contribution in [0.25, 0.3) is 11.5 Å². The fourth-order valence-corrected chi connectivity index (χ4v) is 5.18. The molecule has 5 aromatic rings. The lowest BCUT2D eigenvalue weighted by Gasteiger charge is -2.31. The third kappa shape index (κ3) is 4.44. The molecule has 0 bridgehead atoms. The predicted molar refractivity (Wildman–Crippen MR) is 148 cm³/mol. The highest BCUT2D eigenvalue weighted by molar-refractivity contribution is 5.91. The molecule has 1 aliphatic heterocycles. The van der Waals surface area contributed by atoms with Gasteiger partial charge in [0, 0.05) is 11.8 Å². The quantitative estimate of drug-likeness (QED) is 0.282. The number of carbonyl (C=O) groups is 1. The molecular weight excluding hydrogens is 493 g/mol. The largest absolute Gasteiger partial charge is 0.492 e. The van der Waals surface area contributed by atoms with Gasteiger partial charge in [-0.1, -0.05) is 42.5 Å². The maximum absolute atomic E-state index is 14.1. The number of para-hydroxylation sites is 3. The molecule has 0 aliphatic carbocycles. The summed E-state index contributed by atoms with van der Waals surface area (Å²) in [6.45, 7) is 4.63. The minimum atomic E-state index is -0.490. The van der Waals surface area contributed by atoms with Gasteiger partial charge in [0.15, 0.2) is 0 Å². The summed E-state index contributed by atoms with van der Waals surface area (Å²) >= 11 is 0. The molecule has 7 nitrogen and oxygen atoms in total. The fraction of sp³-hybridized carbons (Fsp3) is 0.161. The smallest absolute Gasteiger partial charge is 0.323 e. The average Bonchev–Trinajstić information content (AvgIpc) is 3.51. The number of rotatable bonds is 5. The summed E-state index contributed by atoms with van der Waals surface area (Å²) in [5.74, 6) is 1.14. The number of nitrogens with one attached hydrogen (secondary N) is 1. The monoisotopic (exact) mass is 521 g/mol. The van der Waals surface area contributed by atoms with Gasteiger partial charge in [0.2, 0.25) is 0 Å². The first kappa shape index (κ1) is 24.5. The van der Waals surface area contributed by atoms with Crippen LogP contribution < -0.4 is 10.1 Å². The highest BCUT2D eigenvalue weighted by atomic mass is 19.1. The Morgan fingerprint density at radius 3 is 2.51 bits per heavy atom. The van der Waals surface area contributed by atoms with E-state index in [1.54, 1.807) is 17.0 Å². The van der Waals surface area contributed by atoms with Crippen molar-refractivity contribution in [3.05, 3.63) is 126 Å². The molecule has 0 saturated carbocycles. The Labute approximate surface area is 226 Å². The van der Waals surface area contributed by atoms with E-state index in [1.165, 1.54) is 12.1 Å². The van der Waals surface area contributed by atoms with Gasteiger partial charge in [-0.2, -0.15) is 5.10 Å². The third-order valence-electron chi connectivity index (χ3n) is 6.96. The number of fused-ring (bicyclic) bond motifs is 3. The van der Waals surface area contributed by atoms with Gasteiger partial charge in [0.25, 0.3) is 0 Å². The molecule has 2 aromatic heterocycles. The van der Waals surface area contributed by atoms with Crippen molar-refractivity contribution in [2.45, 2.75) is 26.4 Å². The second-order valence-corrected chi connectivity index (χ2v) is 9.38. The number of nitrogens with zero attached hydrogens (tertiary/aromatic N) is 4. The molecule has 0 fully saturated rings. The molecule has 0 saturated heterocycles. The van der Waals surface area contributed by atoms with Gasteiger partial charge < -0.3 is 19.5 Å². The van der Waals surface area contributed by atoms with Crippen LogP contribution in [-0.2, 0) is 6.54 Å². The Hall–Kier alpha value is -4.85. The van der Waals surface area contributed by atoms with Crippen molar-refractivity contribution in [1.82, 2.24) is 19.2 Å². The highest BCUT2D eigenvalue weighted by Gasteiger charge is 2.36. The van der Waals surface area contributed by atoms with Gasteiger partial charge in [-0.3, -0.25) is 0 Å². The lowest BCUT2D eigenvalue weighted by atomic mass is 10.0. The molecule has 2 amide bonds. The summed E-state index contributed by atoms with van der Waals surface area (Å²) in [6.07, 6.45) is 1.98. The maximum Gasteiger partial charge on any atom is 0.323 e. The van der Waals surface area contributed by atoms with Crippen molar-refractivity contribution in [2.75, 3.05) is 11.9 Å². The second-order valence-electron chi connectivity index (χ2n) is 9.38. The maximum atomic E-state index is 14.1. The summed E-state index contributed by atoms with van der Waals surface area (Å²) in [4.78, 5) is 15.9. The molecule has 6 rings (SSSR count). The number of halogens is 1. The highest BCUT2D eigenvalue weighted by Crippen LogP contribution is 2.39. The van der Waals surface area contributed by atoms with Crippen LogP contribution in [0.5, 0.6) is 5.75 Å². The molecule has 1 aliphatic rings. The van der Waals surface area contributed by atoms with Crippen LogP contribution in [0.15, 0.2) is 97.2 Å². The lowest BCUT2D eigenvalue weighted by molar-refractivity contribution is 0.194. The number of urea groups is 1. The van der Waals surface area contributed by atoms with Crippen LogP contribution in [-0.4, -0.2) is 31.9 Å². The molecule has 1 unspecified atom stereocenters. The van der Waals surface area contributed by atoms with Crippen molar-refractivity contribution in [3.8, 4) is 17.3 Å². The summed E-state index contributed by atoms with van der Waals surface area (Å²) in [7, 11) is 0. The number of benzene rings is 3. The third-order valence-corrected chi connectivity index (χ3v) is 6.96. The standard InChI is InChI=1S/C31H28FN5O2/c1-3-39-28-14-8-7-12-26(28)33-31(38)36-20-25-21(2)34-37(24-10-5-4-6-11-24)30(25)35-19-9-13-27(35)29(36)22-15-17-23(32)18-16-22/h4-19,29H,3,20H2,1-2H3,(H,33,38). The number of hydrogen-bond acceptors (Lipinski definition) is 3. The summed E-state index contributed by atoms with van der Waals surface area (Å²) in [5, 5.41) is 7.94. The van der Waals surface area contributed by atoms with Crippen molar-refractivity contribution >= 4 is 11.7 Å². The molecule has 0 radical (unpaired) electrons. The van der Waals surface area contributed by atoms with Gasteiger partial charge >= 0.3 is 6.03 Å². The van der Waals surface area contributed by atoms with E-state index >= 15 is 0 Å². The van der Waals surface area contributed by atoms with E-state index in [4.69, 9.17) is 9.84 Å². The molecule has 1 N–H and O–H groups in total. The Morgan fingerprint density at radius 1 is 1.00 bits per heavy atom. The first-order valence-electron chi connectivity index (χ1n) is 12.9. The molecule has 8 heteroatoms. The molecule has 196 valence electrons. The minimum Gasteiger partial charge on any atom is -0.492 e. The van der Waals surface area contributed by atoms with Crippen LogP contribution in [0, 0.1) is 12.7 Å². The zero-order valence-corrected chi connectivity index (χ0v) is 21.7. The molecule has 0 spiro atoms. The zero-order valence-electron chi connectivity index (χ0n) is 21.7. The molecule has 3 aromatic carbocycles. The van der Waals surface area contributed by atoms with Gasteiger partial charge in [-0.05, 0) is 67.9 Å². The predicted octanol–water partition coefficient (Wildman–Crippen LogP) is 6.65. The number of aryl methyl sites for hydroxylation is 1. The van der Waals surface area contributed by atoms with Crippen molar-refractivity contribution < 1.29 is 13.9 Å². The summed E-state index contributed by atoms with van der Waals surface area (Å²) < 4.78 is 23.7. The van der Waals surface area contributed by atoms with Gasteiger partial charge in [0.05, 0.1) is 42.0 Å². The van der Waals surface area contributed by atoms with E-state index in [2.05, 4.69) is 9.88 Å². The first-order valence-corrected chi connectivity index (χ1v) is 12.9. The van der Waals surface area contributed by atoms with Crippen LogP contribution in [0.3, 0.4) is 0 Å². The zero-order chi connectivity index (χ0) is 26.9. The molecule has 3 heterocycles. The molecular formula is C31H28FN5O2. The normalized spacial score (nSPS) is 14.3. The number of aromatic nitrogens is 3. The van der Waals surface area contributed by atoms with E-state index in [0.29, 0.717) is 24.6 Å². The molecule has 39 heavy (non-hydrogen) atoms. The Kier molecular flexibility index (Phi) is 6.36. The average molecular weight is 522 g/mol. The van der Waals surface area contributed by atoms with Crippen LogP contribution in [0.2, 0.25) is 0 Å². The van der Waals surface area contributed by atoms with Crippen molar-refractivity contribution in [3.63, 3.8) is 0 Å². The summed E-state index contributed by atoms with van der Waals surface area (Å²) in [5.41, 5.74) is 4.91. The van der Waals surface area contributed by atoms with E-state index in [0.717, 1.165) is 34.0 Å². The number of ether oxygens (including phenoxy) is 1. The lowest BCUT2D eigenvalue weighted by Crippen LogP contribution is -2.38. The number of carbonyl (C=O) groups excluding carboxylic acids is 1. The number of amides is 2. The van der Waals surface area contributed by atoms with Gasteiger partial charge in [-0.15, -0.1) is 0 Å². The first-order chi connectivity index (χ1) is 19.0. The number of anilines is 1. The topological polar surface area (TPSA) is 64.3 Å². The van der Waals surface area contributed by atoms with Crippen LogP contribution in [0.1, 0.15) is 35.5 Å². The number of hydrogen-bond donors (Lipinski definition) is 1. The Morgan fingerprint density at radius 2 is 1.74 bits per heavy atom. The minimum absolute atomic E-state index is 0.292. The van der Waals surface area contributed by atoms with Crippen molar-refractivity contribution in [2.24, 2.45) is 0 Å². The SMILES string of the molecule is CCOc1ccccc1NC(=O)N1Cc2c(C)nn(-c3ccccc3)c2-n2cccc2C1c1ccc(F)cc1. The van der Waals surface area contributed by atoms with Gasteiger partial charge in [0.1, 0.15) is 17.4 Å². The summed E-state index contributed by atoms with van der Waals surface area (Å²) in [6, 6.07) is 26.8. The molecule has 1 atom stereocenters. The van der Waals surface area contributed by atoms with Crippen LogP contribution in [0.4, 0.5) is 14.9 Å². The van der Waals surface area contributed by atoms with E-state index in [-0.39, 0.29) is 11.8 Å². The van der Waals surface area contributed by atoms with Gasteiger partial charge in [-0.25, -0.2) is 13.9 Å².